The molecule has 0 aliphatic rings. The summed E-state index contributed by atoms with van der Waals surface area (Å²) in [6.07, 6.45) is 0.195. The highest BCUT2D eigenvalue weighted by molar-refractivity contribution is 7.92. The van der Waals surface area contributed by atoms with Crippen LogP contribution in [0, 0.1) is 5.92 Å². The third-order valence-electron chi connectivity index (χ3n) is 7.37. The molecule has 0 fully saturated rings. The van der Waals surface area contributed by atoms with Crippen LogP contribution in [0.2, 0.25) is 10.0 Å². The molecule has 248 valence electrons. The number of hydrogen-bond donors (Lipinski definition) is 1. The lowest BCUT2D eigenvalue weighted by atomic mass is 10.0. The summed E-state index contributed by atoms with van der Waals surface area (Å²) in [5.41, 5.74) is 1.62. The van der Waals surface area contributed by atoms with E-state index in [1.165, 1.54) is 29.2 Å². The van der Waals surface area contributed by atoms with Crippen LogP contribution in [0.4, 0.5) is 5.69 Å². The normalized spacial score (nSPS) is 12.0. The van der Waals surface area contributed by atoms with Crippen LogP contribution >= 0.6 is 23.2 Å². The minimum Gasteiger partial charge on any atom is -0.492 e. The van der Waals surface area contributed by atoms with Crippen molar-refractivity contribution in [2.45, 2.75) is 44.7 Å². The number of ether oxygens (including phenoxy) is 1. The van der Waals surface area contributed by atoms with E-state index in [2.05, 4.69) is 5.32 Å². The molecule has 47 heavy (non-hydrogen) atoms. The Bertz CT molecular complexity index is 1750. The number of hydrogen-bond acceptors (Lipinski definition) is 5. The predicted molar refractivity (Wildman–Crippen MR) is 187 cm³/mol. The van der Waals surface area contributed by atoms with E-state index in [4.69, 9.17) is 27.9 Å². The van der Waals surface area contributed by atoms with Crippen molar-refractivity contribution in [2.24, 2.45) is 5.92 Å². The van der Waals surface area contributed by atoms with Crippen LogP contribution in [0.1, 0.15) is 31.9 Å². The fourth-order valence-electron chi connectivity index (χ4n) is 4.97. The number of nitrogens with zero attached hydrogens (tertiary/aromatic N) is 2. The maximum atomic E-state index is 14.7. The molecule has 4 rings (SSSR count). The minimum absolute atomic E-state index is 0.0347. The number of carbonyl (C=O) groups excluding carboxylic acids is 2. The Morgan fingerprint density at radius 2 is 1.49 bits per heavy atom. The molecule has 4 aromatic carbocycles. The number of rotatable bonds is 15. The number of nitrogens with one attached hydrogen (secondary N) is 1. The van der Waals surface area contributed by atoms with Gasteiger partial charge in [-0.3, -0.25) is 13.9 Å². The van der Waals surface area contributed by atoms with Gasteiger partial charge in [0.1, 0.15) is 18.3 Å². The maximum Gasteiger partial charge on any atom is 0.264 e. The molecule has 0 saturated carbocycles. The number of benzene rings is 4. The van der Waals surface area contributed by atoms with Crippen LogP contribution in [0.25, 0.3) is 0 Å². The van der Waals surface area contributed by atoms with Gasteiger partial charge in [0, 0.05) is 29.6 Å². The zero-order chi connectivity index (χ0) is 34.0. The van der Waals surface area contributed by atoms with Crippen LogP contribution in [0.15, 0.2) is 108 Å². The van der Waals surface area contributed by atoms with Gasteiger partial charge in [-0.1, -0.05) is 97.7 Å². The monoisotopic (exact) mass is 695 g/mol. The highest BCUT2D eigenvalue weighted by Gasteiger charge is 2.35. The van der Waals surface area contributed by atoms with Gasteiger partial charge < -0.3 is 15.0 Å². The summed E-state index contributed by atoms with van der Waals surface area (Å²) in [7, 11) is -4.33. The lowest BCUT2D eigenvalue weighted by Crippen LogP contribution is -2.53. The van der Waals surface area contributed by atoms with Crippen LogP contribution in [-0.4, -0.2) is 50.9 Å². The summed E-state index contributed by atoms with van der Waals surface area (Å²) >= 11 is 12.6. The lowest BCUT2D eigenvalue weighted by Gasteiger charge is -2.34. The van der Waals surface area contributed by atoms with E-state index >= 15 is 0 Å². The third-order valence-corrected chi connectivity index (χ3v) is 9.76. The van der Waals surface area contributed by atoms with Gasteiger partial charge in [-0.25, -0.2) is 8.42 Å². The molecular weight excluding hydrogens is 657 g/mol. The van der Waals surface area contributed by atoms with Gasteiger partial charge in [-0.05, 0) is 66.4 Å². The Labute approximate surface area is 287 Å². The fraction of sp³-hybridized carbons (Fsp3) is 0.278. The van der Waals surface area contributed by atoms with Crippen LogP contribution in [0.3, 0.4) is 0 Å². The fourth-order valence-corrected chi connectivity index (χ4v) is 6.72. The molecule has 0 aromatic heterocycles. The van der Waals surface area contributed by atoms with E-state index in [0.717, 1.165) is 9.87 Å². The van der Waals surface area contributed by atoms with Gasteiger partial charge in [0.25, 0.3) is 10.0 Å². The average Bonchev–Trinajstić information content (AvgIpc) is 3.06. The number of halogens is 2. The van der Waals surface area contributed by atoms with Crippen LogP contribution < -0.4 is 14.4 Å². The molecule has 0 aliphatic carbocycles. The number of amides is 2. The molecule has 8 nitrogen and oxygen atoms in total. The Morgan fingerprint density at radius 3 is 2.15 bits per heavy atom. The number of para-hydroxylation sites is 2. The number of sulfonamides is 1. The van der Waals surface area contributed by atoms with Crippen molar-refractivity contribution in [1.29, 1.82) is 0 Å². The van der Waals surface area contributed by atoms with Crippen molar-refractivity contribution in [1.82, 2.24) is 10.2 Å². The topological polar surface area (TPSA) is 96.0 Å². The second-order valence-electron chi connectivity index (χ2n) is 11.3. The molecule has 0 spiro atoms. The molecule has 0 bridgehead atoms. The van der Waals surface area contributed by atoms with Crippen molar-refractivity contribution < 1.29 is 22.7 Å². The molecule has 1 atom stereocenters. The molecule has 0 saturated heterocycles. The van der Waals surface area contributed by atoms with Gasteiger partial charge in [-0.2, -0.15) is 0 Å². The van der Waals surface area contributed by atoms with Gasteiger partial charge in [0.2, 0.25) is 11.8 Å². The molecular formula is C36H39Cl2N3O5S. The van der Waals surface area contributed by atoms with E-state index in [1.54, 1.807) is 55.5 Å². The summed E-state index contributed by atoms with van der Waals surface area (Å²) in [6, 6.07) is 27.8. The van der Waals surface area contributed by atoms with Crippen LogP contribution in [-0.2, 0) is 32.6 Å². The third kappa shape index (κ3) is 9.50. The van der Waals surface area contributed by atoms with Gasteiger partial charge in [0.05, 0.1) is 17.2 Å². The molecule has 2 amide bonds. The Hall–Kier alpha value is -4.05. The van der Waals surface area contributed by atoms with E-state index in [-0.39, 0.29) is 47.7 Å². The predicted octanol–water partition coefficient (Wildman–Crippen LogP) is 7.00. The van der Waals surface area contributed by atoms with Crippen molar-refractivity contribution in [3.05, 3.63) is 124 Å². The summed E-state index contributed by atoms with van der Waals surface area (Å²) in [6.45, 7) is 5.76. The lowest BCUT2D eigenvalue weighted by molar-refractivity contribution is -0.140. The van der Waals surface area contributed by atoms with Crippen molar-refractivity contribution in [3.63, 3.8) is 0 Å². The summed E-state index contributed by atoms with van der Waals surface area (Å²) in [5, 5.41) is 3.76. The maximum absolute atomic E-state index is 14.7. The Balaban J connectivity index is 1.84. The zero-order valence-electron chi connectivity index (χ0n) is 26.6. The SMILES string of the molecule is CCOc1ccccc1N(CC(=O)N(Cc1ccccc1Cl)[C@H](Cc1ccccc1)C(=O)NCC(C)C)S(=O)(=O)c1ccc(Cl)cc1. The largest absolute Gasteiger partial charge is 0.492 e. The van der Waals surface area contributed by atoms with Crippen molar-refractivity contribution >= 4 is 50.7 Å². The standard InChI is InChI=1S/C36H39Cl2N3O5S/c1-4-46-34-17-11-10-16-32(34)41(47(44,45)30-20-18-29(37)19-21-30)25-35(42)40(24-28-14-8-9-15-31(28)38)33(36(43)39-23-26(2)3)22-27-12-6-5-7-13-27/h5-21,26,33H,4,22-25H2,1-3H3,(H,39,43)/t33-/m1/s1. The molecule has 4 aromatic rings. The van der Waals surface area contributed by atoms with Gasteiger partial charge in [0.15, 0.2) is 0 Å². The van der Waals surface area contributed by atoms with E-state index in [9.17, 15) is 18.0 Å². The van der Waals surface area contributed by atoms with E-state index in [0.29, 0.717) is 22.2 Å². The Kier molecular flexibility index (Phi) is 12.7. The second kappa shape index (κ2) is 16.7. The average molecular weight is 697 g/mol. The van der Waals surface area contributed by atoms with Gasteiger partial charge >= 0.3 is 0 Å². The first-order valence-electron chi connectivity index (χ1n) is 15.4. The molecule has 1 N–H and O–H groups in total. The van der Waals surface area contributed by atoms with E-state index in [1.807, 2.05) is 44.2 Å². The second-order valence-corrected chi connectivity index (χ2v) is 14.0. The first kappa shape index (κ1) is 35.8. The quantitative estimate of drug-likeness (QED) is 0.145. The molecule has 0 radical (unpaired) electrons. The highest BCUT2D eigenvalue weighted by Crippen LogP contribution is 2.33. The first-order valence-corrected chi connectivity index (χ1v) is 17.6. The van der Waals surface area contributed by atoms with Crippen molar-refractivity contribution in [3.8, 4) is 5.75 Å². The molecule has 11 heteroatoms. The summed E-state index contributed by atoms with van der Waals surface area (Å²) < 4.78 is 35.4. The van der Waals surface area contributed by atoms with Crippen LogP contribution in [0.5, 0.6) is 5.75 Å². The van der Waals surface area contributed by atoms with Crippen molar-refractivity contribution in [2.75, 3.05) is 24.0 Å². The van der Waals surface area contributed by atoms with E-state index < -0.39 is 28.5 Å². The molecule has 0 aliphatic heterocycles. The smallest absolute Gasteiger partial charge is 0.264 e. The number of carbonyl (C=O) groups is 2. The Morgan fingerprint density at radius 1 is 0.851 bits per heavy atom. The summed E-state index contributed by atoms with van der Waals surface area (Å²) in [4.78, 5) is 29.9. The first-order chi connectivity index (χ1) is 22.5. The van der Waals surface area contributed by atoms with Gasteiger partial charge in [-0.15, -0.1) is 0 Å². The number of anilines is 1. The zero-order valence-corrected chi connectivity index (χ0v) is 28.9. The molecule has 0 heterocycles. The minimum atomic E-state index is -4.33. The highest BCUT2D eigenvalue weighted by atomic mass is 35.5. The molecule has 0 unspecified atom stereocenters. The summed E-state index contributed by atoms with van der Waals surface area (Å²) in [5.74, 6) is -0.508.